The molecule has 296 valence electrons. The molecule has 2 aromatic rings. The van der Waals surface area contributed by atoms with Crippen molar-refractivity contribution in [1.82, 2.24) is 5.32 Å². The number of nitrogens with zero attached hydrogens (tertiary/aromatic N) is 1. The van der Waals surface area contributed by atoms with Gasteiger partial charge in [-0.2, -0.15) is 21.6 Å². The van der Waals surface area contributed by atoms with E-state index in [9.17, 15) is 36.0 Å². The van der Waals surface area contributed by atoms with E-state index in [1.807, 2.05) is 20.8 Å². The number of amidine groups is 1. The van der Waals surface area contributed by atoms with Gasteiger partial charge in [-0.1, -0.05) is 36.0 Å². The number of carbonyl (C=O) groups is 3. The normalized spacial score (nSPS) is 17.2. The topological polar surface area (TPSA) is 173 Å². The molecule has 0 saturated carbocycles. The highest BCUT2D eigenvalue weighted by atomic mass is 35.5. The molecule has 0 bridgehead atoms. The lowest BCUT2D eigenvalue weighted by Crippen LogP contribution is -2.42. The fourth-order valence-corrected chi connectivity index (χ4v) is 8.37. The molecule has 1 amide bonds. The summed E-state index contributed by atoms with van der Waals surface area (Å²) in [4.78, 5) is 37.4. The van der Waals surface area contributed by atoms with Gasteiger partial charge in [-0.15, -0.1) is 4.40 Å². The number of ether oxygens (including phenoxy) is 4. The molecule has 2 aliphatic heterocycles. The number of esters is 2. The molecule has 18 heteroatoms. The van der Waals surface area contributed by atoms with Crippen molar-refractivity contribution in [3.8, 4) is 11.5 Å². The first-order valence-electron chi connectivity index (χ1n) is 17.0. The first-order valence-corrected chi connectivity index (χ1v) is 19.2. The summed E-state index contributed by atoms with van der Waals surface area (Å²) in [6, 6.07) is 1.25. The summed E-state index contributed by atoms with van der Waals surface area (Å²) in [6.07, 6.45) is -4.10. The lowest BCUT2D eigenvalue weighted by molar-refractivity contribution is -0.190. The molecular formula is C36H42Cl2F3N3O9S. The molecule has 2 aromatic carbocycles. The van der Waals surface area contributed by atoms with Gasteiger partial charge in [0.2, 0.25) is 18.8 Å². The van der Waals surface area contributed by atoms with Crippen molar-refractivity contribution in [3.63, 3.8) is 0 Å². The number of halogens is 5. The minimum atomic E-state index is -5.03. The quantitative estimate of drug-likeness (QED) is 0.0707. The number of hydrogen-bond donors (Lipinski definition) is 2. The third-order valence-electron chi connectivity index (χ3n) is 9.04. The third kappa shape index (κ3) is 10.2. The number of unbranched alkanes of at least 4 members (excludes halogenated alkanes) is 2. The Balaban J connectivity index is 1.32. The molecule has 2 aliphatic rings. The van der Waals surface area contributed by atoms with Crippen molar-refractivity contribution in [3.05, 3.63) is 55.6 Å². The maximum Gasteiger partial charge on any atom is 0.430 e. The van der Waals surface area contributed by atoms with Crippen molar-refractivity contribution in [2.75, 3.05) is 6.79 Å². The molecule has 4 rings (SSSR count). The Bertz CT molecular complexity index is 2000. The van der Waals surface area contributed by atoms with Gasteiger partial charge in [-0.05, 0) is 101 Å². The summed E-state index contributed by atoms with van der Waals surface area (Å²) in [5, 5.41) is 2.31. The lowest BCUT2D eigenvalue weighted by Gasteiger charge is -2.35. The molecule has 0 fully saturated rings. The average Bonchev–Trinajstić information content (AvgIpc) is 3.04. The fourth-order valence-electron chi connectivity index (χ4n) is 6.28. The van der Waals surface area contributed by atoms with E-state index in [0.29, 0.717) is 42.6 Å². The Morgan fingerprint density at radius 2 is 1.74 bits per heavy atom. The van der Waals surface area contributed by atoms with Crippen LogP contribution in [0.15, 0.2) is 27.0 Å². The van der Waals surface area contributed by atoms with Crippen LogP contribution in [0, 0.1) is 20.8 Å². The van der Waals surface area contributed by atoms with Crippen LogP contribution >= 0.6 is 23.2 Å². The summed E-state index contributed by atoms with van der Waals surface area (Å²) in [5.74, 6) is -2.76. The summed E-state index contributed by atoms with van der Waals surface area (Å²) >= 11 is 11.9. The molecule has 12 nitrogen and oxygen atoms in total. The van der Waals surface area contributed by atoms with Gasteiger partial charge in [0.05, 0.1) is 15.5 Å². The molecule has 0 spiro atoms. The summed E-state index contributed by atoms with van der Waals surface area (Å²) in [7, 11) is -4.15. The van der Waals surface area contributed by atoms with Gasteiger partial charge in [-0.3, -0.25) is 4.79 Å². The van der Waals surface area contributed by atoms with E-state index in [1.54, 1.807) is 13.8 Å². The largest absolute Gasteiger partial charge is 0.487 e. The number of nitrogens with two attached hydrogens (primary N) is 1. The second kappa shape index (κ2) is 16.8. The molecule has 2 heterocycles. The number of nitrogens with one attached hydrogen (secondary N) is 1. The van der Waals surface area contributed by atoms with Gasteiger partial charge in [0.25, 0.3) is 10.0 Å². The smallest absolute Gasteiger partial charge is 0.430 e. The Morgan fingerprint density at radius 3 is 2.39 bits per heavy atom. The number of carbonyl (C=O) groups excluding carboxylic acids is 3. The maximum atomic E-state index is 13.8. The van der Waals surface area contributed by atoms with Gasteiger partial charge in [-0.25, -0.2) is 9.59 Å². The van der Waals surface area contributed by atoms with E-state index < -0.39 is 58.6 Å². The second-order valence-corrected chi connectivity index (χ2v) is 16.1. The fraction of sp³-hybridized carbons (Fsp3) is 0.500. The zero-order valence-corrected chi connectivity index (χ0v) is 32.9. The predicted molar refractivity (Wildman–Crippen MR) is 195 cm³/mol. The van der Waals surface area contributed by atoms with Crippen molar-refractivity contribution in [1.29, 1.82) is 0 Å². The van der Waals surface area contributed by atoms with Crippen LogP contribution in [0.25, 0.3) is 6.08 Å². The number of sulfonamides is 1. The molecule has 0 aromatic heterocycles. The Morgan fingerprint density at radius 1 is 1.06 bits per heavy atom. The van der Waals surface area contributed by atoms with Crippen LogP contribution in [0.1, 0.15) is 87.1 Å². The first kappa shape index (κ1) is 42.7. The number of hydrogen-bond acceptors (Lipinski definition) is 9. The highest BCUT2D eigenvalue weighted by Crippen LogP contribution is 2.44. The maximum absolute atomic E-state index is 13.8. The number of benzene rings is 2. The molecular weight excluding hydrogens is 778 g/mol. The van der Waals surface area contributed by atoms with E-state index >= 15 is 0 Å². The highest BCUT2D eigenvalue weighted by Gasteiger charge is 2.49. The first-order chi connectivity index (χ1) is 25.0. The number of fused-ring (bicyclic) bond motifs is 2. The molecule has 54 heavy (non-hydrogen) atoms. The highest BCUT2D eigenvalue weighted by molar-refractivity contribution is 7.90. The van der Waals surface area contributed by atoms with Crippen molar-refractivity contribution in [2.45, 2.75) is 115 Å². The Hall–Kier alpha value is -4.02. The second-order valence-electron chi connectivity index (χ2n) is 13.7. The van der Waals surface area contributed by atoms with Crippen LogP contribution < -0.4 is 20.5 Å². The van der Waals surface area contributed by atoms with Crippen LogP contribution in [-0.4, -0.2) is 62.8 Å². The van der Waals surface area contributed by atoms with Crippen molar-refractivity contribution < 1.29 is 54.9 Å². The number of alkyl halides is 3. The van der Waals surface area contributed by atoms with Crippen molar-refractivity contribution >= 4 is 63.0 Å². The standard InChI is InChI=1S/C36H42Cl2F3N3O9S/c1-18-19(2)31(20(3)24-12-13-35(5,6)53-29(18)24)54(48,49)44-28(42)11-9-7-8-10-27(43-21(4)45)34(47)51-17-50-33(46)25-15-22-14-23(37)16-26(38)30(22)52-32(25)36(39,40)41/h14-16,27,32H,7-13,17H2,1-6H3,(H2,42,44)(H,43,45)/t27-,32?/m0/s1. The zero-order valence-electron chi connectivity index (χ0n) is 30.5. The molecule has 0 radical (unpaired) electrons. The van der Waals surface area contributed by atoms with Crippen LogP contribution in [0.5, 0.6) is 11.5 Å². The van der Waals surface area contributed by atoms with E-state index in [4.69, 9.17) is 47.9 Å². The average molecular weight is 821 g/mol. The molecule has 0 saturated heterocycles. The molecule has 3 N–H and O–H groups in total. The van der Waals surface area contributed by atoms with Crippen molar-refractivity contribution in [2.24, 2.45) is 10.1 Å². The molecule has 2 atom stereocenters. The van der Waals surface area contributed by atoms with Gasteiger partial charge in [0, 0.05) is 23.9 Å². The Kier molecular flexibility index (Phi) is 13.3. The van der Waals surface area contributed by atoms with Gasteiger partial charge < -0.3 is 30.0 Å². The zero-order chi connectivity index (χ0) is 40.3. The van der Waals surface area contributed by atoms with Crippen LogP contribution in [-0.2, 0) is 40.3 Å². The van der Waals surface area contributed by atoms with Gasteiger partial charge >= 0.3 is 18.1 Å². The lowest BCUT2D eigenvalue weighted by atomic mass is 9.88. The van der Waals surface area contributed by atoms with E-state index in [1.165, 1.54) is 19.1 Å². The molecule has 0 aliphatic carbocycles. The SMILES string of the molecule is CC(=O)N[C@@H](CCCCCC(N)=NS(=O)(=O)c1c(C)c(C)c2c(c1C)CCC(C)(C)O2)C(=O)OCOC(=O)C1=Cc2cc(Cl)cc(Cl)c2OC1C(F)(F)F. The minimum Gasteiger partial charge on any atom is -0.487 e. The van der Waals surface area contributed by atoms with Gasteiger partial charge in [0.1, 0.15) is 29.0 Å². The predicted octanol–water partition coefficient (Wildman–Crippen LogP) is 6.97. The summed E-state index contributed by atoms with van der Waals surface area (Å²) in [6.45, 7) is 9.36. The van der Waals surface area contributed by atoms with E-state index in [0.717, 1.165) is 23.6 Å². The Labute approximate surface area is 321 Å². The third-order valence-corrected chi connectivity index (χ3v) is 11.1. The number of amides is 1. The van der Waals surface area contributed by atoms with Crippen LogP contribution in [0.4, 0.5) is 13.2 Å². The van der Waals surface area contributed by atoms with E-state index in [-0.39, 0.29) is 50.5 Å². The van der Waals surface area contributed by atoms with Crippen LogP contribution in [0.2, 0.25) is 10.0 Å². The summed E-state index contributed by atoms with van der Waals surface area (Å²) < 4.78 is 93.2. The summed E-state index contributed by atoms with van der Waals surface area (Å²) in [5.41, 5.74) is 7.45. The molecule has 1 unspecified atom stereocenters. The number of rotatable bonds is 13. The monoisotopic (exact) mass is 819 g/mol. The van der Waals surface area contributed by atoms with E-state index in [2.05, 4.69) is 9.71 Å². The van der Waals surface area contributed by atoms with Gasteiger partial charge in [0.15, 0.2) is 0 Å². The van der Waals surface area contributed by atoms with Crippen LogP contribution in [0.3, 0.4) is 0 Å². The minimum absolute atomic E-state index is 0.00629.